The van der Waals surface area contributed by atoms with Gasteiger partial charge in [0, 0.05) is 4.90 Å². The van der Waals surface area contributed by atoms with Crippen LogP contribution in [0.4, 0.5) is 13.2 Å². The summed E-state index contributed by atoms with van der Waals surface area (Å²) in [6, 6.07) is 62.7. The fourth-order valence-electron chi connectivity index (χ4n) is 7.41. The van der Waals surface area contributed by atoms with Crippen LogP contribution in [0.2, 0.25) is 0 Å². The third-order valence-corrected chi connectivity index (χ3v) is 19.9. The van der Waals surface area contributed by atoms with E-state index in [4.69, 9.17) is 12.6 Å². The van der Waals surface area contributed by atoms with Crippen molar-refractivity contribution >= 4 is 70.3 Å². The first-order valence-corrected chi connectivity index (χ1v) is 20.5. The topological polar surface area (TPSA) is 0 Å². The molecule has 6 heteroatoms. The molecule has 0 unspecified atom stereocenters. The molecule has 0 aliphatic carbocycles. The van der Waals surface area contributed by atoms with Crippen LogP contribution in [0.25, 0.3) is 0 Å². The van der Waals surface area contributed by atoms with Crippen LogP contribution in [-0.2, 0) is 6.18 Å². The van der Waals surface area contributed by atoms with Gasteiger partial charge < -0.3 is 0 Å². The Hall–Kier alpha value is -5.02. The van der Waals surface area contributed by atoms with Gasteiger partial charge in [0.25, 0.3) is 0 Å². The molecular weight excluding hydrogens is 662 g/mol. The molecular formula is C43H32F3SSi2. The molecule has 7 aromatic rings. The first kappa shape index (κ1) is 32.5. The van der Waals surface area contributed by atoms with Crippen molar-refractivity contribution in [1.29, 1.82) is 0 Å². The number of hydrogen-bond donors (Lipinski definition) is 0. The Kier molecular flexibility index (Phi) is 8.94. The van der Waals surface area contributed by atoms with Gasteiger partial charge >= 0.3 is 6.18 Å². The SMILES string of the molecule is FC(F)(F)c1cc([Si](c2ccccc2)(c2ccccc2)c2ccccc2)c([S])c([Si](c2ccccc2)(c2ccccc2)c2ccccc2)c1. The first-order chi connectivity index (χ1) is 23.9. The van der Waals surface area contributed by atoms with E-state index in [0.29, 0.717) is 15.3 Å². The van der Waals surface area contributed by atoms with Crippen molar-refractivity contribution in [3.8, 4) is 0 Å². The summed E-state index contributed by atoms with van der Waals surface area (Å²) in [7, 11) is -6.90. The summed E-state index contributed by atoms with van der Waals surface area (Å²) < 4.78 is 46.4. The smallest absolute Gasteiger partial charge is 0.166 e. The first-order valence-electron chi connectivity index (χ1n) is 16.1. The zero-order valence-electron chi connectivity index (χ0n) is 26.5. The van der Waals surface area contributed by atoms with Gasteiger partial charge in [0.2, 0.25) is 0 Å². The summed E-state index contributed by atoms with van der Waals surface area (Å²) in [5, 5.41) is 6.94. The van der Waals surface area contributed by atoms with E-state index >= 15 is 13.2 Å². The largest absolute Gasteiger partial charge is 0.416 e. The Balaban J connectivity index is 1.73. The molecule has 0 nitrogen and oxygen atoms in total. The van der Waals surface area contributed by atoms with Gasteiger partial charge in [-0.2, -0.15) is 13.2 Å². The standard InChI is InChI=1S/C43H32F3SSi2/c44-43(45,46)33-31-40(48(34-19-7-1-8-20-34,35-21-9-2-10-22-35)36-23-11-3-12-24-36)42(47)41(32-33)49(37-25-13-4-14-26-37,38-27-15-5-16-28-38)39-29-17-6-18-30-39/h1-32H. The van der Waals surface area contributed by atoms with E-state index in [-0.39, 0.29) is 0 Å². The highest BCUT2D eigenvalue weighted by Crippen LogP contribution is 2.31. The molecule has 1 radical (unpaired) electrons. The molecule has 7 rings (SSSR count). The molecule has 0 heterocycles. The molecule has 0 aliphatic rings. The van der Waals surface area contributed by atoms with Gasteiger partial charge in [-0.25, -0.2) is 0 Å². The Bertz CT molecular complexity index is 1800. The van der Waals surface area contributed by atoms with Gasteiger partial charge in [-0.15, -0.1) is 0 Å². The van der Waals surface area contributed by atoms with E-state index in [0.717, 1.165) is 31.1 Å². The lowest BCUT2D eigenvalue weighted by Gasteiger charge is -2.39. The Morgan fingerprint density at radius 2 is 0.551 bits per heavy atom. The minimum atomic E-state index is -4.62. The molecule has 0 spiro atoms. The number of alkyl halides is 3. The highest BCUT2D eigenvalue weighted by molar-refractivity contribution is 7.81. The van der Waals surface area contributed by atoms with Crippen molar-refractivity contribution in [3.05, 3.63) is 200 Å². The van der Waals surface area contributed by atoms with E-state index in [1.807, 2.05) is 109 Å². The molecule has 0 saturated carbocycles. The van der Waals surface area contributed by atoms with E-state index < -0.39 is 27.9 Å². The average molecular weight is 694 g/mol. The van der Waals surface area contributed by atoms with Crippen molar-refractivity contribution in [1.82, 2.24) is 0 Å². The second-order valence-corrected chi connectivity index (χ2v) is 20.0. The third-order valence-electron chi connectivity index (χ3n) is 9.47. The molecule has 0 amide bonds. The van der Waals surface area contributed by atoms with Gasteiger partial charge in [-0.1, -0.05) is 195 Å². The second kappa shape index (κ2) is 13.5. The van der Waals surface area contributed by atoms with Gasteiger partial charge in [-0.05, 0) is 53.6 Å². The summed E-state index contributed by atoms with van der Waals surface area (Å²) >= 11 is 6.67. The normalized spacial score (nSPS) is 12.1. The number of hydrogen-bond acceptors (Lipinski definition) is 0. The maximum Gasteiger partial charge on any atom is 0.416 e. The van der Waals surface area contributed by atoms with Crippen LogP contribution in [0.5, 0.6) is 0 Å². The van der Waals surface area contributed by atoms with Gasteiger partial charge in [-0.3, -0.25) is 0 Å². The minimum Gasteiger partial charge on any atom is -0.166 e. The monoisotopic (exact) mass is 693 g/mol. The van der Waals surface area contributed by atoms with Gasteiger partial charge in [0.1, 0.15) is 0 Å². The molecule has 0 aromatic heterocycles. The molecule has 0 atom stereocenters. The van der Waals surface area contributed by atoms with Gasteiger partial charge in [0.15, 0.2) is 16.1 Å². The second-order valence-electron chi connectivity index (χ2n) is 12.1. The molecule has 7 aromatic carbocycles. The van der Waals surface area contributed by atoms with Crippen LogP contribution in [0.3, 0.4) is 0 Å². The molecule has 0 N–H and O–H groups in total. The summed E-state index contributed by atoms with van der Waals surface area (Å²) in [6.45, 7) is 0. The van der Waals surface area contributed by atoms with Crippen molar-refractivity contribution < 1.29 is 13.2 Å². The van der Waals surface area contributed by atoms with Crippen molar-refractivity contribution in [2.24, 2.45) is 0 Å². The van der Waals surface area contributed by atoms with Crippen molar-refractivity contribution in [2.45, 2.75) is 11.1 Å². The van der Waals surface area contributed by atoms with Crippen LogP contribution in [0.15, 0.2) is 199 Å². The Morgan fingerprint density at radius 3 is 0.735 bits per heavy atom. The zero-order chi connectivity index (χ0) is 33.9. The predicted octanol–water partition coefficient (Wildman–Crippen LogP) is 6.02. The number of halogens is 3. The fourth-order valence-corrected chi connectivity index (χ4v) is 18.3. The van der Waals surface area contributed by atoms with Crippen molar-refractivity contribution in [3.63, 3.8) is 0 Å². The zero-order valence-corrected chi connectivity index (χ0v) is 29.3. The summed E-state index contributed by atoms with van der Waals surface area (Å²) in [4.78, 5) is 0.486. The molecule has 0 bridgehead atoms. The fraction of sp³-hybridized carbons (Fsp3) is 0.0233. The highest BCUT2D eigenvalue weighted by Gasteiger charge is 2.49. The van der Waals surface area contributed by atoms with Crippen LogP contribution >= 0.6 is 12.6 Å². The van der Waals surface area contributed by atoms with Crippen molar-refractivity contribution in [2.75, 3.05) is 0 Å². The molecule has 239 valence electrons. The lowest BCUT2D eigenvalue weighted by Crippen LogP contribution is -2.78. The molecule has 0 aliphatic heterocycles. The summed E-state index contributed by atoms with van der Waals surface area (Å²) in [5.74, 6) is 0. The summed E-state index contributed by atoms with van der Waals surface area (Å²) in [5.41, 5.74) is -0.689. The maximum atomic E-state index is 15.5. The van der Waals surface area contributed by atoms with Gasteiger partial charge in [0.05, 0.1) is 5.56 Å². The minimum absolute atomic E-state index is 0.486. The van der Waals surface area contributed by atoms with E-state index in [1.54, 1.807) is 0 Å². The predicted molar refractivity (Wildman–Crippen MR) is 205 cm³/mol. The lowest BCUT2D eigenvalue weighted by molar-refractivity contribution is -0.137. The molecule has 0 fully saturated rings. The summed E-state index contributed by atoms with van der Waals surface area (Å²) in [6.07, 6.45) is -4.62. The average Bonchev–Trinajstić information content (AvgIpc) is 3.16. The number of rotatable bonds is 8. The third kappa shape index (κ3) is 5.66. The quantitative estimate of drug-likeness (QED) is 0.135. The Labute approximate surface area is 293 Å². The molecule has 49 heavy (non-hydrogen) atoms. The lowest BCUT2D eigenvalue weighted by atomic mass is 10.2. The maximum absolute atomic E-state index is 15.5. The van der Waals surface area contributed by atoms with E-state index in [2.05, 4.69) is 72.8 Å². The van der Waals surface area contributed by atoms with Crippen LogP contribution in [0, 0.1) is 0 Å². The van der Waals surface area contributed by atoms with Crippen LogP contribution in [-0.4, -0.2) is 16.1 Å². The van der Waals surface area contributed by atoms with Crippen LogP contribution < -0.4 is 41.5 Å². The highest BCUT2D eigenvalue weighted by atomic mass is 32.1. The van der Waals surface area contributed by atoms with Crippen LogP contribution in [0.1, 0.15) is 5.56 Å². The Morgan fingerprint density at radius 1 is 0.347 bits per heavy atom. The number of benzene rings is 7. The molecule has 0 saturated heterocycles. The van der Waals surface area contributed by atoms with E-state index in [1.165, 1.54) is 12.1 Å². The van der Waals surface area contributed by atoms with E-state index in [9.17, 15) is 0 Å².